The third-order valence-electron chi connectivity index (χ3n) is 3.19. The molecule has 98 valence electrons. The zero-order valence-electron chi connectivity index (χ0n) is 10.3. The van der Waals surface area contributed by atoms with Crippen molar-refractivity contribution in [2.75, 3.05) is 6.61 Å². The second-order valence-electron chi connectivity index (χ2n) is 4.68. The summed E-state index contributed by atoms with van der Waals surface area (Å²) in [6, 6.07) is 6.08. The molecule has 0 radical (unpaired) electrons. The summed E-state index contributed by atoms with van der Waals surface area (Å²) in [6.45, 7) is 0.720. The number of ether oxygens (including phenoxy) is 1. The van der Waals surface area contributed by atoms with E-state index in [1.165, 1.54) is 5.56 Å². The van der Waals surface area contributed by atoms with E-state index in [2.05, 4.69) is 22.0 Å². The molecule has 1 aromatic carbocycles. The number of halogens is 1. The lowest BCUT2D eigenvalue weighted by Crippen LogP contribution is -2.07. The molecular formula is C15H13BrO2S. The van der Waals surface area contributed by atoms with E-state index in [-0.39, 0.29) is 5.78 Å². The van der Waals surface area contributed by atoms with Crippen molar-refractivity contribution in [1.82, 2.24) is 0 Å². The Morgan fingerprint density at radius 2 is 2.26 bits per heavy atom. The number of hydrogen-bond acceptors (Lipinski definition) is 3. The van der Waals surface area contributed by atoms with Gasteiger partial charge in [0.1, 0.15) is 11.5 Å². The van der Waals surface area contributed by atoms with E-state index in [4.69, 9.17) is 4.74 Å². The highest BCUT2D eigenvalue weighted by molar-refractivity contribution is 9.10. The molecule has 19 heavy (non-hydrogen) atoms. The van der Waals surface area contributed by atoms with Crippen LogP contribution in [0, 0.1) is 0 Å². The topological polar surface area (TPSA) is 26.3 Å². The van der Waals surface area contributed by atoms with Gasteiger partial charge in [-0.25, -0.2) is 0 Å². The summed E-state index contributed by atoms with van der Waals surface area (Å²) in [5.74, 6) is 1.15. The van der Waals surface area contributed by atoms with Crippen molar-refractivity contribution in [2.24, 2.45) is 0 Å². The van der Waals surface area contributed by atoms with Crippen molar-refractivity contribution in [3.05, 3.63) is 50.1 Å². The van der Waals surface area contributed by atoms with E-state index >= 15 is 0 Å². The maximum Gasteiger partial charge on any atom is 0.141 e. The Balaban J connectivity index is 1.78. The molecule has 0 bridgehead atoms. The van der Waals surface area contributed by atoms with Crippen LogP contribution < -0.4 is 4.74 Å². The SMILES string of the molecule is O=C(Cc1ccsc1)Cc1cc(Br)cc2c1OCC2. The summed E-state index contributed by atoms with van der Waals surface area (Å²) in [4.78, 5) is 12.1. The summed E-state index contributed by atoms with van der Waals surface area (Å²) in [6.07, 6.45) is 1.88. The van der Waals surface area contributed by atoms with Crippen molar-refractivity contribution in [2.45, 2.75) is 19.3 Å². The minimum atomic E-state index is 0.231. The van der Waals surface area contributed by atoms with Crippen LogP contribution in [0.5, 0.6) is 5.75 Å². The number of ketones is 1. The lowest BCUT2D eigenvalue weighted by molar-refractivity contribution is -0.117. The highest BCUT2D eigenvalue weighted by Gasteiger charge is 2.19. The van der Waals surface area contributed by atoms with Gasteiger partial charge >= 0.3 is 0 Å². The van der Waals surface area contributed by atoms with E-state index in [0.717, 1.165) is 34.4 Å². The number of rotatable bonds is 4. The van der Waals surface area contributed by atoms with Crippen LogP contribution in [0.25, 0.3) is 0 Å². The molecular weight excluding hydrogens is 324 g/mol. The highest BCUT2D eigenvalue weighted by atomic mass is 79.9. The van der Waals surface area contributed by atoms with E-state index in [1.807, 2.05) is 22.9 Å². The maximum atomic E-state index is 12.1. The Kier molecular flexibility index (Phi) is 3.71. The molecule has 1 aliphatic rings. The Labute approximate surface area is 124 Å². The second-order valence-corrected chi connectivity index (χ2v) is 6.37. The maximum absolute atomic E-state index is 12.1. The summed E-state index contributed by atoms with van der Waals surface area (Å²) < 4.78 is 6.67. The smallest absolute Gasteiger partial charge is 0.141 e. The van der Waals surface area contributed by atoms with Gasteiger partial charge in [-0.05, 0) is 40.1 Å². The van der Waals surface area contributed by atoms with E-state index in [9.17, 15) is 4.79 Å². The van der Waals surface area contributed by atoms with Crippen molar-refractivity contribution in [3.63, 3.8) is 0 Å². The highest BCUT2D eigenvalue weighted by Crippen LogP contribution is 2.33. The quantitative estimate of drug-likeness (QED) is 0.848. The molecule has 0 fully saturated rings. The number of carbonyl (C=O) groups excluding carboxylic acids is 1. The molecule has 2 aromatic rings. The molecule has 0 saturated heterocycles. The molecule has 4 heteroatoms. The zero-order chi connectivity index (χ0) is 13.2. The minimum Gasteiger partial charge on any atom is -0.493 e. The first-order chi connectivity index (χ1) is 9.22. The fourth-order valence-electron chi connectivity index (χ4n) is 2.37. The van der Waals surface area contributed by atoms with Crippen LogP contribution in [0.2, 0.25) is 0 Å². The number of hydrogen-bond donors (Lipinski definition) is 0. The van der Waals surface area contributed by atoms with Gasteiger partial charge in [-0.1, -0.05) is 15.9 Å². The minimum absolute atomic E-state index is 0.231. The normalized spacial score (nSPS) is 13.1. The average molecular weight is 337 g/mol. The van der Waals surface area contributed by atoms with Crippen LogP contribution in [0.1, 0.15) is 16.7 Å². The molecule has 0 N–H and O–H groups in total. The zero-order valence-corrected chi connectivity index (χ0v) is 12.7. The van der Waals surface area contributed by atoms with Gasteiger partial charge < -0.3 is 4.74 Å². The molecule has 0 aliphatic carbocycles. The molecule has 1 aliphatic heterocycles. The van der Waals surface area contributed by atoms with Gasteiger partial charge in [-0.15, -0.1) is 0 Å². The van der Waals surface area contributed by atoms with Gasteiger partial charge in [0, 0.05) is 29.3 Å². The Morgan fingerprint density at radius 1 is 1.37 bits per heavy atom. The van der Waals surface area contributed by atoms with Crippen LogP contribution in [0.4, 0.5) is 0 Å². The first kappa shape index (κ1) is 12.9. The van der Waals surface area contributed by atoms with Gasteiger partial charge in [0.2, 0.25) is 0 Å². The molecule has 0 unspecified atom stereocenters. The van der Waals surface area contributed by atoms with Crippen molar-refractivity contribution >= 4 is 33.0 Å². The number of benzene rings is 1. The standard InChI is InChI=1S/C15H13BrO2S/c16-13-6-11-1-3-18-15(11)12(7-13)8-14(17)5-10-2-4-19-9-10/h2,4,6-7,9H,1,3,5,8H2. The number of fused-ring (bicyclic) bond motifs is 1. The molecule has 3 rings (SSSR count). The molecule has 0 atom stereocenters. The van der Waals surface area contributed by atoms with Crippen LogP contribution in [0.3, 0.4) is 0 Å². The number of thiophene rings is 1. The lowest BCUT2D eigenvalue weighted by atomic mass is 10.0. The van der Waals surface area contributed by atoms with Crippen LogP contribution in [-0.4, -0.2) is 12.4 Å². The Bertz CT molecular complexity index is 605. The van der Waals surface area contributed by atoms with Crippen molar-refractivity contribution in [1.29, 1.82) is 0 Å². The van der Waals surface area contributed by atoms with Crippen LogP contribution in [0.15, 0.2) is 33.4 Å². The van der Waals surface area contributed by atoms with Crippen molar-refractivity contribution < 1.29 is 9.53 Å². The molecule has 0 amide bonds. The summed E-state index contributed by atoms with van der Waals surface area (Å²) in [5, 5.41) is 4.03. The summed E-state index contributed by atoms with van der Waals surface area (Å²) >= 11 is 5.13. The fraction of sp³-hybridized carbons (Fsp3) is 0.267. The third kappa shape index (κ3) is 2.90. The molecule has 1 aromatic heterocycles. The third-order valence-corrected chi connectivity index (χ3v) is 4.38. The lowest BCUT2D eigenvalue weighted by Gasteiger charge is -2.08. The van der Waals surface area contributed by atoms with E-state index < -0.39 is 0 Å². The van der Waals surface area contributed by atoms with E-state index in [0.29, 0.717) is 12.8 Å². The predicted octanol–water partition coefficient (Wildman–Crippen LogP) is 3.80. The monoisotopic (exact) mass is 336 g/mol. The van der Waals surface area contributed by atoms with Crippen molar-refractivity contribution in [3.8, 4) is 5.75 Å². The van der Waals surface area contributed by atoms with Crippen LogP contribution in [-0.2, 0) is 24.1 Å². The summed E-state index contributed by atoms with van der Waals surface area (Å²) in [5.41, 5.74) is 3.30. The first-order valence-electron chi connectivity index (χ1n) is 6.19. The summed E-state index contributed by atoms with van der Waals surface area (Å²) in [7, 11) is 0. The van der Waals surface area contributed by atoms with Gasteiger partial charge in [-0.2, -0.15) is 11.3 Å². The van der Waals surface area contributed by atoms with Gasteiger partial charge in [0.05, 0.1) is 6.61 Å². The number of Topliss-reactive ketones (excluding diaryl/α,β-unsaturated/α-hetero) is 1. The second kappa shape index (κ2) is 5.47. The predicted molar refractivity (Wildman–Crippen MR) is 80.1 cm³/mol. The molecule has 2 nitrogen and oxygen atoms in total. The van der Waals surface area contributed by atoms with Gasteiger partial charge in [0.25, 0.3) is 0 Å². The average Bonchev–Trinajstić information content (AvgIpc) is 2.99. The Morgan fingerprint density at radius 3 is 3.05 bits per heavy atom. The van der Waals surface area contributed by atoms with E-state index in [1.54, 1.807) is 11.3 Å². The largest absolute Gasteiger partial charge is 0.493 e. The molecule has 0 saturated carbocycles. The van der Waals surface area contributed by atoms with Gasteiger partial charge in [-0.3, -0.25) is 4.79 Å². The molecule has 0 spiro atoms. The Hall–Kier alpha value is -1.13. The first-order valence-corrected chi connectivity index (χ1v) is 7.93. The fourth-order valence-corrected chi connectivity index (χ4v) is 3.59. The number of carbonyl (C=O) groups is 1. The molecule has 2 heterocycles. The van der Waals surface area contributed by atoms with Crippen LogP contribution >= 0.6 is 27.3 Å². The van der Waals surface area contributed by atoms with Gasteiger partial charge in [0.15, 0.2) is 0 Å².